The zero-order valence-corrected chi connectivity index (χ0v) is 13.8. The molecule has 0 amide bonds. The number of hydrogen-bond acceptors (Lipinski definition) is 4. The van der Waals surface area contributed by atoms with Crippen molar-refractivity contribution in [1.82, 2.24) is 25.4 Å². The van der Waals surface area contributed by atoms with Gasteiger partial charge < -0.3 is 19.9 Å². The van der Waals surface area contributed by atoms with Crippen LogP contribution in [0.5, 0.6) is 0 Å². The largest absolute Gasteiger partial charge is 0.385 e. The van der Waals surface area contributed by atoms with Crippen molar-refractivity contribution >= 4 is 5.96 Å². The van der Waals surface area contributed by atoms with E-state index in [0.29, 0.717) is 12.6 Å². The average Bonchev–Trinajstić information content (AvgIpc) is 2.80. The molecule has 1 aromatic heterocycles. The molecule has 0 bridgehead atoms. The smallest absolute Gasteiger partial charge is 0.191 e. The van der Waals surface area contributed by atoms with Crippen LogP contribution in [0.3, 0.4) is 0 Å². The third kappa shape index (κ3) is 6.12. The molecule has 0 aliphatic rings. The quantitative estimate of drug-likeness (QED) is 0.425. The molecule has 7 nitrogen and oxygen atoms in total. The molecule has 0 aliphatic carbocycles. The Balaban J connectivity index is 2.60. The first-order chi connectivity index (χ1) is 10.1. The lowest BCUT2D eigenvalue weighted by atomic mass is 10.3. The van der Waals surface area contributed by atoms with Gasteiger partial charge in [0.25, 0.3) is 0 Å². The van der Waals surface area contributed by atoms with Crippen LogP contribution in [-0.2, 0) is 18.3 Å². The highest BCUT2D eigenvalue weighted by Gasteiger charge is 2.06. The lowest BCUT2D eigenvalue weighted by Gasteiger charge is -2.17. The normalized spacial score (nSPS) is 13.3. The summed E-state index contributed by atoms with van der Waals surface area (Å²) in [6.07, 6.45) is 1.99. The van der Waals surface area contributed by atoms with Crippen LogP contribution in [0.1, 0.15) is 38.3 Å². The van der Waals surface area contributed by atoms with E-state index in [0.717, 1.165) is 43.6 Å². The Morgan fingerprint density at radius 3 is 2.76 bits per heavy atom. The summed E-state index contributed by atoms with van der Waals surface area (Å²) in [5.74, 6) is 2.56. The van der Waals surface area contributed by atoms with E-state index < -0.39 is 0 Å². The number of aliphatic imine (C=N–C) groups is 1. The fourth-order valence-electron chi connectivity index (χ4n) is 1.65. The van der Waals surface area contributed by atoms with Gasteiger partial charge in [-0.2, -0.15) is 0 Å². The molecule has 0 aromatic carbocycles. The maximum Gasteiger partial charge on any atom is 0.191 e. The summed E-state index contributed by atoms with van der Waals surface area (Å²) in [7, 11) is 3.66. The molecule has 0 saturated heterocycles. The van der Waals surface area contributed by atoms with Crippen molar-refractivity contribution in [1.29, 1.82) is 0 Å². The second-order valence-electron chi connectivity index (χ2n) is 5.11. The molecule has 120 valence electrons. The second kappa shape index (κ2) is 9.33. The van der Waals surface area contributed by atoms with E-state index in [4.69, 9.17) is 4.74 Å². The molecule has 21 heavy (non-hydrogen) atoms. The average molecular weight is 296 g/mol. The van der Waals surface area contributed by atoms with Crippen LogP contribution in [0.4, 0.5) is 0 Å². The van der Waals surface area contributed by atoms with E-state index in [1.807, 2.05) is 18.5 Å². The molecular weight excluding hydrogens is 268 g/mol. The fourth-order valence-corrected chi connectivity index (χ4v) is 1.65. The highest BCUT2D eigenvalue weighted by molar-refractivity contribution is 5.80. The minimum absolute atomic E-state index is 0.375. The molecule has 7 heteroatoms. The van der Waals surface area contributed by atoms with Gasteiger partial charge in [-0.05, 0) is 26.7 Å². The third-order valence-electron chi connectivity index (χ3n) is 3.37. The van der Waals surface area contributed by atoms with Crippen molar-refractivity contribution in [2.45, 2.75) is 46.2 Å². The van der Waals surface area contributed by atoms with E-state index in [1.54, 1.807) is 7.11 Å². The van der Waals surface area contributed by atoms with Gasteiger partial charge in [-0.1, -0.05) is 6.92 Å². The van der Waals surface area contributed by atoms with Gasteiger partial charge >= 0.3 is 0 Å². The monoisotopic (exact) mass is 296 g/mol. The van der Waals surface area contributed by atoms with E-state index in [-0.39, 0.29) is 0 Å². The zero-order valence-electron chi connectivity index (χ0n) is 13.8. The molecule has 0 spiro atoms. The summed E-state index contributed by atoms with van der Waals surface area (Å²) in [6.45, 7) is 8.29. The molecule has 0 saturated carbocycles. The number of rotatable bonds is 8. The van der Waals surface area contributed by atoms with Crippen molar-refractivity contribution in [3.05, 3.63) is 11.6 Å². The lowest BCUT2D eigenvalue weighted by molar-refractivity contribution is 0.195. The van der Waals surface area contributed by atoms with Crippen molar-refractivity contribution in [3.63, 3.8) is 0 Å². The number of guanidine groups is 1. The van der Waals surface area contributed by atoms with Crippen LogP contribution in [-0.4, -0.2) is 47.0 Å². The van der Waals surface area contributed by atoms with Gasteiger partial charge in [-0.3, -0.25) is 0 Å². The van der Waals surface area contributed by atoms with Gasteiger partial charge in [0, 0.05) is 33.4 Å². The first-order valence-electron chi connectivity index (χ1n) is 7.47. The number of hydrogen-bond donors (Lipinski definition) is 2. The number of nitrogens with zero attached hydrogens (tertiary/aromatic N) is 4. The summed E-state index contributed by atoms with van der Waals surface area (Å²) >= 11 is 0. The predicted octanol–water partition coefficient (Wildman–Crippen LogP) is 0.994. The van der Waals surface area contributed by atoms with Crippen molar-refractivity contribution in [3.8, 4) is 0 Å². The number of aryl methyl sites for hydroxylation is 1. The Morgan fingerprint density at radius 2 is 2.19 bits per heavy atom. The number of aromatic nitrogens is 3. The second-order valence-corrected chi connectivity index (χ2v) is 5.11. The third-order valence-corrected chi connectivity index (χ3v) is 3.37. The first kappa shape index (κ1) is 17.4. The lowest BCUT2D eigenvalue weighted by Crippen LogP contribution is -2.42. The van der Waals surface area contributed by atoms with Crippen molar-refractivity contribution < 1.29 is 4.74 Å². The van der Waals surface area contributed by atoms with Crippen molar-refractivity contribution in [2.75, 3.05) is 20.3 Å². The Bertz CT molecular complexity index is 443. The molecule has 2 N–H and O–H groups in total. The molecule has 1 heterocycles. The molecular formula is C14H28N6O. The molecule has 1 aromatic rings. The minimum Gasteiger partial charge on any atom is -0.385 e. The SMILES string of the molecule is CCC(C)NC(=NCc1nnc(C)n1C)NCCCOC. The highest BCUT2D eigenvalue weighted by atomic mass is 16.5. The summed E-state index contributed by atoms with van der Waals surface area (Å²) < 4.78 is 7.01. The standard InChI is InChI=1S/C14H28N6O/c1-6-11(2)17-14(15-8-7-9-21-5)16-10-13-19-18-12(3)20(13)4/h11H,6-10H2,1-5H3,(H2,15,16,17). The molecule has 0 radical (unpaired) electrons. The first-order valence-corrected chi connectivity index (χ1v) is 7.47. The molecule has 1 atom stereocenters. The van der Waals surface area contributed by atoms with E-state index in [2.05, 4.69) is 39.7 Å². The van der Waals surface area contributed by atoms with E-state index in [1.165, 1.54) is 0 Å². The zero-order chi connectivity index (χ0) is 15.7. The highest BCUT2D eigenvalue weighted by Crippen LogP contribution is 1.99. The molecule has 0 aliphatic heterocycles. The van der Waals surface area contributed by atoms with Gasteiger partial charge in [-0.15, -0.1) is 10.2 Å². The van der Waals surface area contributed by atoms with E-state index in [9.17, 15) is 0 Å². The summed E-state index contributed by atoms with van der Waals surface area (Å²) in [5.41, 5.74) is 0. The van der Waals surface area contributed by atoms with Gasteiger partial charge in [-0.25, -0.2) is 4.99 Å². The van der Waals surface area contributed by atoms with Gasteiger partial charge in [0.15, 0.2) is 11.8 Å². The van der Waals surface area contributed by atoms with Crippen LogP contribution in [0.25, 0.3) is 0 Å². The molecule has 1 rings (SSSR count). The summed E-state index contributed by atoms with van der Waals surface area (Å²) in [6, 6.07) is 0.375. The Morgan fingerprint density at radius 1 is 1.43 bits per heavy atom. The fraction of sp³-hybridized carbons (Fsp3) is 0.786. The van der Waals surface area contributed by atoms with Crippen LogP contribution in [0, 0.1) is 6.92 Å². The maximum atomic E-state index is 5.05. The van der Waals surface area contributed by atoms with Gasteiger partial charge in [0.1, 0.15) is 12.4 Å². The summed E-state index contributed by atoms with van der Waals surface area (Å²) in [5, 5.41) is 14.9. The van der Waals surface area contributed by atoms with Gasteiger partial charge in [0.05, 0.1) is 0 Å². The van der Waals surface area contributed by atoms with Crippen LogP contribution in [0.2, 0.25) is 0 Å². The Labute approximate surface area is 127 Å². The maximum absolute atomic E-state index is 5.05. The number of ether oxygens (including phenoxy) is 1. The van der Waals surface area contributed by atoms with Crippen LogP contribution in [0.15, 0.2) is 4.99 Å². The molecule has 0 fully saturated rings. The van der Waals surface area contributed by atoms with E-state index >= 15 is 0 Å². The van der Waals surface area contributed by atoms with Gasteiger partial charge in [0.2, 0.25) is 0 Å². The topological polar surface area (TPSA) is 76.4 Å². The van der Waals surface area contributed by atoms with Crippen LogP contribution < -0.4 is 10.6 Å². The van der Waals surface area contributed by atoms with Crippen molar-refractivity contribution in [2.24, 2.45) is 12.0 Å². The number of nitrogens with one attached hydrogen (secondary N) is 2. The van der Waals surface area contributed by atoms with Crippen LogP contribution >= 0.6 is 0 Å². The number of methoxy groups -OCH3 is 1. The Hall–Kier alpha value is -1.63. The predicted molar refractivity (Wildman–Crippen MR) is 84.3 cm³/mol. The minimum atomic E-state index is 0.375. The molecule has 1 unspecified atom stereocenters. The Kier molecular flexibility index (Phi) is 7.74. The summed E-state index contributed by atoms with van der Waals surface area (Å²) in [4.78, 5) is 4.58.